The zero-order valence-electron chi connectivity index (χ0n) is 17.9. The number of carbonyl (C=O) groups is 2. The van der Waals surface area contributed by atoms with Crippen molar-refractivity contribution < 1.29 is 9.59 Å². The lowest BCUT2D eigenvalue weighted by atomic mass is 9.72. The van der Waals surface area contributed by atoms with Gasteiger partial charge in [0, 0.05) is 43.3 Å². The van der Waals surface area contributed by atoms with Crippen LogP contribution in [0, 0.1) is 11.3 Å². The highest BCUT2D eigenvalue weighted by atomic mass is 32.1. The molecule has 0 bridgehead atoms. The lowest BCUT2D eigenvalue weighted by molar-refractivity contribution is 0.0538. The summed E-state index contributed by atoms with van der Waals surface area (Å²) >= 11 is 1.65. The van der Waals surface area contributed by atoms with Crippen LogP contribution in [-0.4, -0.2) is 52.8 Å². The minimum Gasteiger partial charge on any atom is -0.335 e. The van der Waals surface area contributed by atoms with Crippen molar-refractivity contribution in [2.45, 2.75) is 40.0 Å². The third-order valence-electron chi connectivity index (χ3n) is 6.40. The number of carbonyl (C=O) groups excluding carboxylic acids is 2. The van der Waals surface area contributed by atoms with Crippen LogP contribution < -0.4 is 5.56 Å². The number of hydrogen-bond donors (Lipinski definition) is 1. The SMILES string of the molecule is CC(C)(C)C1CCc2sc(C(=O)N3CCN(C(=O)c4ccc(=O)[nH]c4)CC3)cc2C1. The zero-order chi connectivity index (χ0) is 21.5. The highest BCUT2D eigenvalue weighted by Crippen LogP contribution is 2.40. The summed E-state index contributed by atoms with van der Waals surface area (Å²) in [5.74, 6) is 0.626. The minimum atomic E-state index is -0.227. The van der Waals surface area contributed by atoms with E-state index in [-0.39, 0.29) is 17.4 Å². The normalized spacial score (nSPS) is 19.5. The Hall–Kier alpha value is -2.41. The monoisotopic (exact) mass is 427 g/mol. The van der Waals surface area contributed by atoms with Crippen molar-refractivity contribution in [1.29, 1.82) is 0 Å². The third kappa shape index (κ3) is 4.21. The molecule has 0 aromatic carbocycles. The maximum atomic E-state index is 13.1. The van der Waals surface area contributed by atoms with Crippen LogP contribution >= 0.6 is 11.3 Å². The fraction of sp³-hybridized carbons (Fsp3) is 0.522. The molecule has 1 aliphatic heterocycles. The predicted molar refractivity (Wildman–Crippen MR) is 118 cm³/mol. The quantitative estimate of drug-likeness (QED) is 0.800. The summed E-state index contributed by atoms with van der Waals surface area (Å²) in [4.78, 5) is 45.2. The van der Waals surface area contributed by atoms with Crippen LogP contribution in [0.4, 0.5) is 0 Å². The molecule has 1 saturated heterocycles. The number of rotatable bonds is 2. The van der Waals surface area contributed by atoms with Gasteiger partial charge in [0.1, 0.15) is 0 Å². The average Bonchev–Trinajstić information content (AvgIpc) is 3.16. The maximum Gasteiger partial charge on any atom is 0.264 e. The van der Waals surface area contributed by atoms with Gasteiger partial charge in [0.2, 0.25) is 5.56 Å². The van der Waals surface area contributed by atoms with Crippen LogP contribution in [0.25, 0.3) is 0 Å². The van der Waals surface area contributed by atoms with Gasteiger partial charge in [-0.1, -0.05) is 20.8 Å². The molecule has 1 aliphatic carbocycles. The van der Waals surface area contributed by atoms with Gasteiger partial charge in [0.25, 0.3) is 11.8 Å². The molecule has 160 valence electrons. The number of pyridine rings is 1. The van der Waals surface area contributed by atoms with Crippen LogP contribution in [0.15, 0.2) is 29.2 Å². The molecule has 6 nitrogen and oxygen atoms in total. The number of nitrogens with one attached hydrogen (secondary N) is 1. The largest absolute Gasteiger partial charge is 0.335 e. The topological polar surface area (TPSA) is 73.5 Å². The highest BCUT2D eigenvalue weighted by Gasteiger charge is 2.32. The Morgan fingerprint density at radius 2 is 1.73 bits per heavy atom. The number of H-pyrrole nitrogens is 1. The van der Waals surface area contributed by atoms with E-state index in [1.54, 1.807) is 22.3 Å². The summed E-state index contributed by atoms with van der Waals surface area (Å²) in [6.45, 7) is 8.96. The number of thiophene rings is 1. The van der Waals surface area contributed by atoms with E-state index in [2.05, 4.69) is 31.8 Å². The first kappa shape index (κ1) is 20.8. The standard InChI is InChI=1S/C23H29N3O3S/c1-23(2,3)17-5-6-18-16(12-17)13-19(30-18)22(29)26-10-8-25(9-11-26)21(28)15-4-7-20(27)24-14-15/h4,7,13-14,17H,5-6,8-12H2,1-3H3,(H,24,27). The van der Waals surface area contributed by atoms with Gasteiger partial charge in [-0.2, -0.15) is 0 Å². The van der Waals surface area contributed by atoms with Crippen LogP contribution in [-0.2, 0) is 12.8 Å². The summed E-state index contributed by atoms with van der Waals surface area (Å²) in [7, 11) is 0. The van der Waals surface area contributed by atoms with Crippen LogP contribution in [0.1, 0.15) is 57.7 Å². The number of fused-ring (bicyclic) bond motifs is 1. The summed E-state index contributed by atoms with van der Waals surface area (Å²) in [6.07, 6.45) is 4.76. The second-order valence-electron chi connectivity index (χ2n) is 9.39. The molecule has 2 aromatic heterocycles. The minimum absolute atomic E-state index is 0.0813. The highest BCUT2D eigenvalue weighted by molar-refractivity contribution is 7.14. The molecular formula is C23H29N3O3S. The van der Waals surface area contributed by atoms with E-state index in [9.17, 15) is 14.4 Å². The van der Waals surface area contributed by atoms with Crippen molar-refractivity contribution in [3.8, 4) is 0 Å². The molecule has 0 radical (unpaired) electrons. The molecule has 2 aromatic rings. The molecule has 3 heterocycles. The molecule has 7 heteroatoms. The van der Waals surface area contributed by atoms with Gasteiger partial charge in [-0.05, 0) is 48.3 Å². The van der Waals surface area contributed by atoms with Crippen molar-refractivity contribution in [3.05, 3.63) is 55.6 Å². The van der Waals surface area contributed by atoms with E-state index >= 15 is 0 Å². The van der Waals surface area contributed by atoms with E-state index in [1.807, 2.05) is 4.90 Å². The molecule has 1 unspecified atom stereocenters. The Bertz CT molecular complexity index is 989. The average molecular weight is 428 g/mol. The van der Waals surface area contributed by atoms with Gasteiger partial charge in [-0.3, -0.25) is 14.4 Å². The molecule has 2 aliphatic rings. The number of hydrogen-bond acceptors (Lipinski definition) is 4. The van der Waals surface area contributed by atoms with Gasteiger partial charge < -0.3 is 14.8 Å². The van der Waals surface area contributed by atoms with Gasteiger partial charge in [-0.25, -0.2) is 0 Å². The molecule has 4 rings (SSSR count). The lowest BCUT2D eigenvalue weighted by Gasteiger charge is -2.34. The van der Waals surface area contributed by atoms with Crippen molar-refractivity contribution in [3.63, 3.8) is 0 Å². The molecule has 0 saturated carbocycles. The molecule has 0 spiro atoms. The van der Waals surface area contributed by atoms with Crippen molar-refractivity contribution >= 4 is 23.2 Å². The van der Waals surface area contributed by atoms with E-state index in [4.69, 9.17) is 0 Å². The summed E-state index contributed by atoms with van der Waals surface area (Å²) in [5.41, 5.74) is 1.88. The Balaban J connectivity index is 1.38. The molecular weight excluding hydrogens is 398 g/mol. The van der Waals surface area contributed by atoms with Gasteiger partial charge in [0.05, 0.1) is 10.4 Å². The van der Waals surface area contributed by atoms with Gasteiger partial charge >= 0.3 is 0 Å². The van der Waals surface area contributed by atoms with Gasteiger partial charge in [0.15, 0.2) is 0 Å². The van der Waals surface area contributed by atoms with Crippen molar-refractivity contribution in [2.24, 2.45) is 11.3 Å². The predicted octanol–water partition coefficient (Wildman–Crippen LogP) is 3.19. The summed E-state index contributed by atoms with van der Waals surface area (Å²) in [6, 6.07) is 5.01. The van der Waals surface area contributed by atoms with Crippen LogP contribution in [0.5, 0.6) is 0 Å². The number of amides is 2. The lowest BCUT2D eigenvalue weighted by Crippen LogP contribution is -2.50. The Morgan fingerprint density at radius 1 is 1.07 bits per heavy atom. The van der Waals surface area contributed by atoms with E-state index < -0.39 is 0 Å². The fourth-order valence-corrected chi connectivity index (χ4v) is 5.54. The summed E-state index contributed by atoms with van der Waals surface area (Å²) in [5, 5.41) is 0. The Morgan fingerprint density at radius 3 is 2.33 bits per heavy atom. The first-order valence-corrected chi connectivity index (χ1v) is 11.4. The third-order valence-corrected chi connectivity index (χ3v) is 7.63. The van der Waals surface area contributed by atoms with Gasteiger partial charge in [-0.15, -0.1) is 11.3 Å². The molecule has 1 fully saturated rings. The van der Waals surface area contributed by atoms with Crippen molar-refractivity contribution in [1.82, 2.24) is 14.8 Å². The number of aryl methyl sites for hydroxylation is 1. The molecule has 1 atom stereocenters. The summed E-state index contributed by atoms with van der Waals surface area (Å²) < 4.78 is 0. The second kappa shape index (κ2) is 8.02. The van der Waals surface area contributed by atoms with Crippen LogP contribution in [0.3, 0.4) is 0 Å². The smallest absolute Gasteiger partial charge is 0.264 e. The maximum absolute atomic E-state index is 13.1. The first-order valence-electron chi connectivity index (χ1n) is 10.6. The van der Waals surface area contributed by atoms with E-state index in [0.717, 1.165) is 17.7 Å². The number of nitrogens with zero attached hydrogens (tertiary/aromatic N) is 2. The number of aromatic amines is 1. The first-order chi connectivity index (χ1) is 14.2. The molecule has 1 N–H and O–H groups in total. The van der Waals surface area contributed by atoms with E-state index in [0.29, 0.717) is 43.1 Å². The fourth-order valence-electron chi connectivity index (χ4n) is 4.36. The molecule has 30 heavy (non-hydrogen) atoms. The second-order valence-corrected chi connectivity index (χ2v) is 10.5. The number of aromatic nitrogens is 1. The molecule has 2 amide bonds. The van der Waals surface area contributed by atoms with Crippen molar-refractivity contribution in [2.75, 3.05) is 26.2 Å². The number of piperazine rings is 1. The van der Waals surface area contributed by atoms with E-state index in [1.165, 1.54) is 29.1 Å². The van der Waals surface area contributed by atoms with Crippen LogP contribution in [0.2, 0.25) is 0 Å². The Labute approximate surface area is 180 Å². The Kier molecular flexibility index (Phi) is 5.57. The zero-order valence-corrected chi connectivity index (χ0v) is 18.7.